The number of benzene rings is 1. The van der Waals surface area contributed by atoms with Crippen LogP contribution >= 0.6 is 0 Å². The molecule has 1 aromatic rings. The molecule has 1 saturated carbocycles. The molecule has 4 atom stereocenters. The van der Waals surface area contributed by atoms with Crippen LogP contribution in [0.5, 0.6) is 11.5 Å². The molecule has 1 aliphatic carbocycles. The minimum Gasteiger partial charge on any atom is -0.493 e. The van der Waals surface area contributed by atoms with Gasteiger partial charge in [0.15, 0.2) is 11.5 Å². The summed E-state index contributed by atoms with van der Waals surface area (Å²) in [5, 5.41) is 14.1. The Kier molecular flexibility index (Phi) is 13.7. The second-order valence-electron chi connectivity index (χ2n) is 12.1. The number of aliphatic hydroxyl groups excluding tert-OH is 1. The Bertz CT molecular complexity index is 932. The first-order chi connectivity index (χ1) is 18.9. The summed E-state index contributed by atoms with van der Waals surface area (Å²) in [6.07, 6.45) is 4.35. The fraction of sp³-hybridized carbons (Fsp3) is 0.742. The maximum absolute atomic E-state index is 13.3. The van der Waals surface area contributed by atoms with Gasteiger partial charge in [0.25, 0.3) is 0 Å². The summed E-state index contributed by atoms with van der Waals surface area (Å²) in [5.41, 5.74) is 12.4. The predicted molar refractivity (Wildman–Crippen MR) is 157 cm³/mol. The molecule has 1 aromatic carbocycles. The molecule has 2 amide bonds. The highest BCUT2D eigenvalue weighted by Crippen LogP contribution is 2.33. The number of amides is 2. The topological polar surface area (TPSA) is 146 Å². The Morgan fingerprint density at radius 1 is 1.02 bits per heavy atom. The van der Waals surface area contributed by atoms with E-state index in [0.717, 1.165) is 31.2 Å². The monoisotopic (exact) mass is 563 g/mol. The lowest BCUT2D eigenvalue weighted by atomic mass is 9.80. The molecule has 4 unspecified atom stereocenters. The lowest BCUT2D eigenvalue weighted by molar-refractivity contribution is -0.135. The van der Waals surface area contributed by atoms with Crippen LogP contribution in [-0.4, -0.2) is 62.0 Å². The third kappa shape index (κ3) is 9.63. The Morgan fingerprint density at radius 2 is 1.70 bits per heavy atom. The van der Waals surface area contributed by atoms with E-state index >= 15 is 0 Å². The molecular weight excluding hydrogens is 510 g/mol. The number of carbonyl (C=O) groups is 2. The van der Waals surface area contributed by atoms with E-state index < -0.39 is 29.5 Å². The van der Waals surface area contributed by atoms with Crippen LogP contribution in [0.1, 0.15) is 78.2 Å². The molecule has 0 radical (unpaired) electrons. The smallest absolute Gasteiger partial charge is 0.243 e. The molecule has 0 bridgehead atoms. The summed E-state index contributed by atoms with van der Waals surface area (Å²) < 4.78 is 16.5. The van der Waals surface area contributed by atoms with Crippen molar-refractivity contribution in [1.29, 1.82) is 0 Å². The zero-order valence-corrected chi connectivity index (χ0v) is 25.4. The number of ether oxygens (including phenoxy) is 3. The molecule has 9 nitrogen and oxygen atoms in total. The van der Waals surface area contributed by atoms with Crippen LogP contribution in [0.25, 0.3) is 0 Å². The molecule has 0 aliphatic heterocycles. The number of aliphatic hydroxyl groups is 1. The van der Waals surface area contributed by atoms with Gasteiger partial charge in [-0.25, -0.2) is 0 Å². The molecular formula is C31H53N3O6. The van der Waals surface area contributed by atoms with Gasteiger partial charge < -0.3 is 36.1 Å². The summed E-state index contributed by atoms with van der Waals surface area (Å²) in [6.45, 7) is 9.37. The summed E-state index contributed by atoms with van der Waals surface area (Å²) in [6, 6.07) is 5.47. The lowest BCUT2D eigenvalue weighted by Crippen LogP contribution is -2.57. The van der Waals surface area contributed by atoms with Gasteiger partial charge in [-0.2, -0.15) is 0 Å². The maximum Gasteiger partial charge on any atom is 0.243 e. The number of hydrogen-bond acceptors (Lipinski definition) is 7. The van der Waals surface area contributed by atoms with E-state index in [1.807, 2.05) is 32.0 Å². The summed E-state index contributed by atoms with van der Waals surface area (Å²) in [5.74, 6) is 0.688. The number of carbonyl (C=O) groups excluding carboxylic acids is 2. The van der Waals surface area contributed by atoms with Gasteiger partial charge in [-0.05, 0) is 67.6 Å². The largest absolute Gasteiger partial charge is 0.493 e. The van der Waals surface area contributed by atoms with Crippen molar-refractivity contribution in [1.82, 2.24) is 5.32 Å². The molecule has 9 heteroatoms. The number of nitrogens with two attached hydrogens (primary N) is 2. The quantitative estimate of drug-likeness (QED) is 0.200. The molecule has 0 spiro atoms. The second kappa shape index (κ2) is 16.2. The maximum atomic E-state index is 13.3. The van der Waals surface area contributed by atoms with Gasteiger partial charge in [-0.1, -0.05) is 46.6 Å². The molecule has 2 rings (SSSR count). The Hall–Kier alpha value is -2.36. The number of hydrogen-bond donors (Lipinski definition) is 4. The van der Waals surface area contributed by atoms with Crippen LogP contribution in [0.4, 0.5) is 0 Å². The normalized spacial score (nSPS) is 17.9. The van der Waals surface area contributed by atoms with Crippen LogP contribution in [0.15, 0.2) is 18.2 Å². The minimum atomic E-state index is -0.981. The van der Waals surface area contributed by atoms with Crippen LogP contribution < -0.4 is 26.3 Å². The number of methoxy groups -OCH3 is 2. The predicted octanol–water partition coefficient (Wildman–Crippen LogP) is 3.58. The van der Waals surface area contributed by atoms with Gasteiger partial charge in [0.2, 0.25) is 11.8 Å². The van der Waals surface area contributed by atoms with Crippen molar-refractivity contribution in [3.05, 3.63) is 23.8 Å². The molecule has 1 aliphatic rings. The Balaban J connectivity index is 2.06. The standard InChI is InChI=1S/C31H53N3O6/c1-20(2)23(16-22-10-11-27(39-6)28(17-22)40-15-9-14-38-5)18-25(32)26(35)19-24(21(3)4)29(36)34-31(30(33)37)12-7-8-13-31/h10-11,17,20-21,23-26,35H,7-9,12-16,18-19,32H2,1-6H3,(H2,33,37)(H,34,36). The highest BCUT2D eigenvalue weighted by molar-refractivity contribution is 5.91. The van der Waals surface area contributed by atoms with Crippen LogP contribution in [0.2, 0.25) is 0 Å². The molecule has 0 saturated heterocycles. The van der Waals surface area contributed by atoms with E-state index in [9.17, 15) is 14.7 Å². The average molecular weight is 564 g/mol. The third-order valence-corrected chi connectivity index (χ3v) is 8.42. The summed E-state index contributed by atoms with van der Waals surface area (Å²) >= 11 is 0. The average Bonchev–Trinajstić information content (AvgIpc) is 3.38. The number of rotatable bonds is 18. The van der Waals surface area contributed by atoms with E-state index in [4.69, 9.17) is 25.7 Å². The van der Waals surface area contributed by atoms with Gasteiger partial charge in [0.1, 0.15) is 5.54 Å². The van der Waals surface area contributed by atoms with E-state index in [-0.39, 0.29) is 24.2 Å². The van der Waals surface area contributed by atoms with E-state index in [1.54, 1.807) is 14.2 Å². The zero-order valence-electron chi connectivity index (χ0n) is 25.4. The zero-order chi connectivity index (χ0) is 29.9. The van der Waals surface area contributed by atoms with Crippen molar-refractivity contribution in [3.63, 3.8) is 0 Å². The third-order valence-electron chi connectivity index (χ3n) is 8.42. The van der Waals surface area contributed by atoms with E-state index in [1.165, 1.54) is 0 Å². The van der Waals surface area contributed by atoms with Crippen LogP contribution in [0, 0.1) is 23.7 Å². The summed E-state index contributed by atoms with van der Waals surface area (Å²) in [4.78, 5) is 25.4. The van der Waals surface area contributed by atoms with Crippen LogP contribution in [0.3, 0.4) is 0 Å². The van der Waals surface area contributed by atoms with Gasteiger partial charge in [0, 0.05) is 32.1 Å². The Labute approximate surface area is 240 Å². The highest BCUT2D eigenvalue weighted by Gasteiger charge is 2.42. The van der Waals surface area contributed by atoms with E-state index in [0.29, 0.717) is 49.9 Å². The van der Waals surface area contributed by atoms with Gasteiger partial charge >= 0.3 is 0 Å². The SMILES string of the molecule is COCCCOc1cc(CC(CC(N)C(O)CC(C(=O)NC2(C(N)=O)CCCC2)C(C)C)C(C)C)ccc1OC. The first-order valence-electron chi connectivity index (χ1n) is 14.8. The molecule has 6 N–H and O–H groups in total. The lowest BCUT2D eigenvalue weighted by Gasteiger charge is -2.33. The van der Waals surface area contributed by atoms with Crippen molar-refractivity contribution in [2.75, 3.05) is 27.4 Å². The van der Waals surface area contributed by atoms with Gasteiger partial charge in [-0.15, -0.1) is 0 Å². The summed E-state index contributed by atoms with van der Waals surface area (Å²) in [7, 11) is 3.29. The minimum absolute atomic E-state index is 0.0318. The van der Waals surface area contributed by atoms with Crippen molar-refractivity contribution in [2.45, 2.75) is 96.7 Å². The fourth-order valence-corrected chi connectivity index (χ4v) is 5.60. The number of nitrogens with one attached hydrogen (secondary N) is 1. The first-order valence-corrected chi connectivity index (χ1v) is 14.8. The number of primary amides is 1. The van der Waals surface area contributed by atoms with Crippen LogP contribution in [-0.2, 0) is 20.7 Å². The fourth-order valence-electron chi connectivity index (χ4n) is 5.60. The molecule has 1 fully saturated rings. The van der Waals surface area contributed by atoms with Gasteiger partial charge in [0.05, 0.1) is 19.8 Å². The molecule has 0 aromatic heterocycles. The van der Waals surface area contributed by atoms with Crippen molar-refractivity contribution < 1.29 is 28.9 Å². The highest BCUT2D eigenvalue weighted by atomic mass is 16.5. The molecule has 40 heavy (non-hydrogen) atoms. The van der Waals surface area contributed by atoms with Gasteiger partial charge in [-0.3, -0.25) is 9.59 Å². The van der Waals surface area contributed by atoms with Crippen molar-refractivity contribution in [2.24, 2.45) is 35.1 Å². The second-order valence-corrected chi connectivity index (χ2v) is 12.1. The van der Waals surface area contributed by atoms with Crippen molar-refractivity contribution in [3.8, 4) is 11.5 Å². The molecule has 228 valence electrons. The Morgan fingerprint density at radius 3 is 2.25 bits per heavy atom. The van der Waals surface area contributed by atoms with Crippen molar-refractivity contribution >= 4 is 11.8 Å². The molecule has 0 heterocycles. The van der Waals surface area contributed by atoms with E-state index in [2.05, 4.69) is 19.2 Å². The first kappa shape index (κ1) is 33.8.